The first-order valence-corrected chi connectivity index (χ1v) is 12.8. The van der Waals surface area contributed by atoms with E-state index in [0.29, 0.717) is 36.4 Å². The zero-order chi connectivity index (χ0) is 26.9. The number of halogens is 2. The number of thiazole rings is 1. The molecule has 1 aliphatic rings. The van der Waals surface area contributed by atoms with E-state index in [1.54, 1.807) is 32.1 Å². The number of esters is 2. The highest BCUT2D eigenvalue weighted by Crippen LogP contribution is 2.37. The second-order valence-electron chi connectivity index (χ2n) is 7.98. The predicted octanol–water partition coefficient (Wildman–Crippen LogP) is 3.63. The van der Waals surface area contributed by atoms with E-state index in [-0.39, 0.29) is 23.5 Å². The Kier molecular flexibility index (Phi) is 7.74. The fourth-order valence-corrected chi connectivity index (χ4v) is 5.56. The Morgan fingerprint density at radius 3 is 2.57 bits per heavy atom. The molecule has 0 unspecified atom stereocenters. The Morgan fingerprint density at radius 2 is 1.95 bits per heavy atom. The molecule has 0 aliphatic carbocycles. The Balaban J connectivity index is 1.91. The summed E-state index contributed by atoms with van der Waals surface area (Å²) in [6.07, 6.45) is 1.65. The number of rotatable bonds is 6. The van der Waals surface area contributed by atoms with Crippen LogP contribution in [-0.2, 0) is 14.3 Å². The molecule has 8 nitrogen and oxygen atoms in total. The van der Waals surface area contributed by atoms with E-state index < -0.39 is 23.8 Å². The van der Waals surface area contributed by atoms with Crippen LogP contribution in [0.4, 0.5) is 4.39 Å². The Labute approximate surface area is 223 Å². The van der Waals surface area contributed by atoms with Crippen molar-refractivity contribution in [3.8, 4) is 11.5 Å². The fraction of sp³-hybridized carbons (Fsp3) is 0.231. The topological polar surface area (TPSA) is 96.2 Å². The van der Waals surface area contributed by atoms with Gasteiger partial charge >= 0.3 is 11.9 Å². The van der Waals surface area contributed by atoms with Gasteiger partial charge in [-0.25, -0.2) is 14.2 Å². The van der Waals surface area contributed by atoms with Crippen LogP contribution in [0.1, 0.15) is 37.9 Å². The van der Waals surface area contributed by atoms with E-state index >= 15 is 0 Å². The fourth-order valence-electron chi connectivity index (χ4n) is 3.97. The average molecular weight is 589 g/mol. The molecule has 0 saturated heterocycles. The van der Waals surface area contributed by atoms with Gasteiger partial charge in [-0.05, 0) is 71.2 Å². The molecule has 192 valence electrons. The molecule has 1 atom stereocenters. The minimum atomic E-state index is -0.842. The van der Waals surface area contributed by atoms with Crippen molar-refractivity contribution in [1.29, 1.82) is 0 Å². The van der Waals surface area contributed by atoms with Gasteiger partial charge in [0.1, 0.15) is 5.82 Å². The zero-order valence-electron chi connectivity index (χ0n) is 20.3. The lowest BCUT2D eigenvalue weighted by molar-refractivity contribution is -0.139. The molecular formula is C26H22BrFN2O6S. The molecule has 0 bridgehead atoms. The molecule has 0 amide bonds. The van der Waals surface area contributed by atoms with Crippen molar-refractivity contribution in [1.82, 2.24) is 4.57 Å². The summed E-state index contributed by atoms with van der Waals surface area (Å²) in [7, 11) is 1.44. The van der Waals surface area contributed by atoms with Crippen molar-refractivity contribution >= 4 is 45.3 Å². The van der Waals surface area contributed by atoms with Crippen LogP contribution in [0.15, 0.2) is 61.9 Å². The van der Waals surface area contributed by atoms with Crippen molar-refractivity contribution in [2.45, 2.75) is 26.8 Å². The van der Waals surface area contributed by atoms with Gasteiger partial charge in [-0.2, -0.15) is 0 Å². The van der Waals surface area contributed by atoms with E-state index in [9.17, 15) is 18.8 Å². The third-order valence-corrected chi connectivity index (χ3v) is 7.07. The third-order valence-electron chi connectivity index (χ3n) is 5.50. The smallest absolute Gasteiger partial charge is 0.338 e. The lowest BCUT2D eigenvalue weighted by atomic mass is 9.96. The zero-order valence-corrected chi connectivity index (χ0v) is 22.7. The van der Waals surface area contributed by atoms with Gasteiger partial charge in [0.15, 0.2) is 16.3 Å². The molecule has 1 aliphatic heterocycles. The number of hydrogen-bond donors (Lipinski definition) is 0. The molecule has 2 heterocycles. The molecular weight excluding hydrogens is 567 g/mol. The second kappa shape index (κ2) is 10.8. The first-order chi connectivity index (χ1) is 17.6. The van der Waals surface area contributed by atoms with Gasteiger partial charge in [0.05, 0.1) is 40.0 Å². The quantitative estimate of drug-likeness (QED) is 0.322. The van der Waals surface area contributed by atoms with Gasteiger partial charge in [0.25, 0.3) is 5.56 Å². The normalized spacial score (nSPS) is 15.2. The van der Waals surface area contributed by atoms with Gasteiger partial charge in [0, 0.05) is 6.92 Å². The molecule has 0 N–H and O–H groups in total. The monoisotopic (exact) mass is 588 g/mol. The van der Waals surface area contributed by atoms with Crippen LogP contribution in [0.2, 0.25) is 0 Å². The molecule has 0 radical (unpaired) electrons. The van der Waals surface area contributed by atoms with Crippen molar-refractivity contribution in [3.05, 3.63) is 88.8 Å². The van der Waals surface area contributed by atoms with E-state index in [4.69, 9.17) is 14.2 Å². The summed E-state index contributed by atoms with van der Waals surface area (Å²) >= 11 is 4.53. The van der Waals surface area contributed by atoms with Crippen LogP contribution in [-0.4, -0.2) is 30.2 Å². The molecule has 2 aromatic carbocycles. The summed E-state index contributed by atoms with van der Waals surface area (Å²) in [6.45, 7) is 4.80. The van der Waals surface area contributed by atoms with E-state index in [0.717, 1.165) is 11.3 Å². The molecule has 4 rings (SSSR count). The summed E-state index contributed by atoms with van der Waals surface area (Å²) < 4.78 is 31.8. The van der Waals surface area contributed by atoms with Gasteiger partial charge in [-0.15, -0.1) is 0 Å². The second-order valence-corrected chi connectivity index (χ2v) is 9.85. The first-order valence-electron chi connectivity index (χ1n) is 11.2. The molecule has 37 heavy (non-hydrogen) atoms. The van der Waals surface area contributed by atoms with Gasteiger partial charge in [-0.1, -0.05) is 23.5 Å². The van der Waals surface area contributed by atoms with Crippen LogP contribution < -0.4 is 24.4 Å². The molecule has 11 heteroatoms. The lowest BCUT2D eigenvalue weighted by Gasteiger charge is -2.24. The molecule has 0 fully saturated rings. The van der Waals surface area contributed by atoms with Gasteiger partial charge < -0.3 is 14.2 Å². The molecule has 1 aromatic heterocycles. The van der Waals surface area contributed by atoms with Crippen molar-refractivity contribution < 1.29 is 28.2 Å². The van der Waals surface area contributed by atoms with Crippen LogP contribution in [0.3, 0.4) is 0 Å². The Hall–Kier alpha value is -3.57. The highest BCUT2D eigenvalue weighted by Gasteiger charge is 2.33. The van der Waals surface area contributed by atoms with Crippen molar-refractivity contribution in [3.63, 3.8) is 0 Å². The van der Waals surface area contributed by atoms with Crippen molar-refractivity contribution in [2.75, 3.05) is 13.7 Å². The minimum absolute atomic E-state index is 0.149. The highest BCUT2D eigenvalue weighted by molar-refractivity contribution is 9.10. The van der Waals surface area contributed by atoms with Crippen LogP contribution in [0.25, 0.3) is 6.08 Å². The molecule has 3 aromatic rings. The number of aromatic nitrogens is 1. The van der Waals surface area contributed by atoms with Crippen LogP contribution >= 0.6 is 27.3 Å². The summed E-state index contributed by atoms with van der Waals surface area (Å²) in [5.74, 6) is -1.02. The van der Waals surface area contributed by atoms with Gasteiger partial charge in [-0.3, -0.25) is 14.2 Å². The number of nitrogens with zero attached hydrogens (tertiary/aromatic N) is 2. The number of carbonyl (C=O) groups is 2. The largest absolute Gasteiger partial charge is 0.493 e. The number of benzene rings is 2. The highest BCUT2D eigenvalue weighted by atomic mass is 79.9. The molecule has 0 saturated carbocycles. The maximum atomic E-state index is 13.7. The van der Waals surface area contributed by atoms with E-state index in [2.05, 4.69) is 20.9 Å². The number of allylic oxidation sites excluding steroid dienone is 1. The number of ether oxygens (including phenoxy) is 3. The SMILES string of the molecule is CCOC(=O)C1=C(C)N=c2s/c(=C\c3cc(Br)c(OC(C)=O)c(OC)c3)c(=O)n2[C@@H]1c1ccc(F)cc1. The number of fused-ring (bicyclic) bond motifs is 1. The number of methoxy groups -OCH3 is 1. The lowest BCUT2D eigenvalue weighted by Crippen LogP contribution is -2.39. The average Bonchev–Trinajstić information content (AvgIpc) is 3.14. The predicted molar refractivity (Wildman–Crippen MR) is 139 cm³/mol. The number of carbonyl (C=O) groups excluding carboxylic acids is 2. The number of hydrogen-bond acceptors (Lipinski definition) is 8. The standard InChI is InChI=1S/C26H22BrFN2O6S/c1-5-35-25(33)21-13(2)29-26-30(22(21)16-6-8-17(28)9-7-16)24(32)20(37-26)12-15-10-18(27)23(36-14(3)31)19(11-15)34-4/h6-12,22H,5H2,1-4H3/b20-12-/t22-/m1/s1. The van der Waals surface area contributed by atoms with E-state index in [1.165, 1.54) is 42.9 Å². The Bertz CT molecular complexity index is 1610. The maximum absolute atomic E-state index is 13.7. The molecule has 0 spiro atoms. The summed E-state index contributed by atoms with van der Waals surface area (Å²) in [5, 5.41) is 0. The minimum Gasteiger partial charge on any atom is -0.493 e. The Morgan fingerprint density at radius 1 is 1.24 bits per heavy atom. The summed E-state index contributed by atoms with van der Waals surface area (Å²) in [5.41, 5.74) is 1.39. The van der Waals surface area contributed by atoms with Gasteiger partial charge in [0.2, 0.25) is 0 Å². The third kappa shape index (κ3) is 5.28. The first kappa shape index (κ1) is 26.5. The van der Waals surface area contributed by atoms with Crippen LogP contribution in [0, 0.1) is 5.82 Å². The van der Waals surface area contributed by atoms with E-state index in [1.807, 2.05) is 0 Å². The summed E-state index contributed by atoms with van der Waals surface area (Å²) in [4.78, 5) is 42.9. The van der Waals surface area contributed by atoms with Crippen LogP contribution in [0.5, 0.6) is 11.5 Å². The maximum Gasteiger partial charge on any atom is 0.338 e. The van der Waals surface area contributed by atoms with Crippen molar-refractivity contribution in [2.24, 2.45) is 4.99 Å². The summed E-state index contributed by atoms with van der Waals surface area (Å²) in [6, 6.07) is 8.09.